The number of rotatable bonds is 2. The minimum atomic E-state index is -0.741. The number of halogens is 3. The maximum Gasteiger partial charge on any atom is 0.157 e. The highest BCUT2D eigenvalue weighted by Gasteiger charge is 2.12. The highest BCUT2D eigenvalue weighted by Crippen LogP contribution is 2.27. The molecule has 0 aliphatic heterocycles. The zero-order chi connectivity index (χ0) is 12.4. The van der Waals surface area contributed by atoms with Crippen molar-refractivity contribution in [2.75, 3.05) is 11.1 Å². The predicted molar refractivity (Wildman–Crippen MR) is 63.8 cm³/mol. The van der Waals surface area contributed by atoms with Crippen LogP contribution in [-0.4, -0.2) is 9.97 Å². The molecule has 0 atom stereocenters. The molecule has 2 rings (SSSR count). The number of aromatic nitrogens is 2. The summed E-state index contributed by atoms with van der Waals surface area (Å²) in [6.07, 6.45) is 2.57. The fourth-order valence-corrected chi connectivity index (χ4v) is 1.63. The largest absolute Gasteiger partial charge is 0.394 e. The third-order valence-corrected chi connectivity index (χ3v) is 2.45. The zero-order valence-corrected chi connectivity index (χ0v) is 10.0. The second-order valence-electron chi connectivity index (χ2n) is 3.20. The topological polar surface area (TPSA) is 63.8 Å². The summed E-state index contributed by atoms with van der Waals surface area (Å²) in [5, 5.41) is 2.49. The highest BCUT2D eigenvalue weighted by atomic mass is 79.9. The minimum absolute atomic E-state index is 0.153. The van der Waals surface area contributed by atoms with Crippen molar-refractivity contribution in [1.29, 1.82) is 0 Å². The van der Waals surface area contributed by atoms with Crippen molar-refractivity contribution in [3.8, 4) is 0 Å². The lowest BCUT2D eigenvalue weighted by molar-refractivity contribution is 0.589. The van der Waals surface area contributed by atoms with E-state index in [4.69, 9.17) is 5.73 Å². The van der Waals surface area contributed by atoms with Crippen molar-refractivity contribution in [3.63, 3.8) is 0 Å². The number of hydrogen-bond acceptors (Lipinski definition) is 4. The van der Waals surface area contributed by atoms with E-state index in [1.54, 1.807) is 0 Å². The molecule has 0 radical (unpaired) electrons. The van der Waals surface area contributed by atoms with Gasteiger partial charge in [0.1, 0.15) is 12.0 Å². The van der Waals surface area contributed by atoms with E-state index in [9.17, 15) is 8.78 Å². The van der Waals surface area contributed by atoms with Gasteiger partial charge in [-0.1, -0.05) is 15.9 Å². The Kier molecular flexibility index (Phi) is 3.19. The van der Waals surface area contributed by atoms with Crippen LogP contribution in [0.2, 0.25) is 0 Å². The summed E-state index contributed by atoms with van der Waals surface area (Å²) in [5.74, 6) is -1.33. The summed E-state index contributed by atoms with van der Waals surface area (Å²) in [5.41, 5.74) is 5.45. The molecule has 1 aromatic heterocycles. The van der Waals surface area contributed by atoms with Crippen molar-refractivity contribution in [2.45, 2.75) is 0 Å². The van der Waals surface area contributed by atoms with Crippen LogP contribution in [0.25, 0.3) is 0 Å². The highest BCUT2D eigenvalue weighted by molar-refractivity contribution is 9.10. The Bertz CT molecular complexity index is 539. The molecule has 0 saturated heterocycles. The van der Waals surface area contributed by atoms with Gasteiger partial charge in [-0.15, -0.1) is 0 Å². The second-order valence-corrected chi connectivity index (χ2v) is 4.11. The first-order chi connectivity index (χ1) is 8.08. The van der Waals surface area contributed by atoms with E-state index in [1.807, 2.05) is 0 Å². The van der Waals surface area contributed by atoms with Gasteiger partial charge in [0.2, 0.25) is 0 Å². The first kappa shape index (κ1) is 11.7. The zero-order valence-electron chi connectivity index (χ0n) is 8.42. The van der Waals surface area contributed by atoms with Crippen molar-refractivity contribution < 1.29 is 8.78 Å². The lowest BCUT2D eigenvalue weighted by Gasteiger charge is -2.09. The lowest BCUT2D eigenvalue weighted by atomic mass is 10.3. The van der Waals surface area contributed by atoms with Gasteiger partial charge in [-0.05, 0) is 12.1 Å². The Morgan fingerprint density at radius 2 is 1.88 bits per heavy atom. The molecule has 17 heavy (non-hydrogen) atoms. The van der Waals surface area contributed by atoms with Crippen LogP contribution in [0.15, 0.2) is 29.1 Å². The number of nitrogens with two attached hydrogens (primary N) is 1. The van der Waals surface area contributed by atoms with Gasteiger partial charge in [0.05, 0.1) is 11.9 Å². The average molecular weight is 301 g/mol. The van der Waals surface area contributed by atoms with E-state index >= 15 is 0 Å². The molecular formula is C10H7BrF2N4. The third kappa shape index (κ3) is 2.50. The fourth-order valence-electron chi connectivity index (χ4n) is 1.22. The van der Waals surface area contributed by atoms with Gasteiger partial charge < -0.3 is 11.1 Å². The maximum absolute atomic E-state index is 13.5. The van der Waals surface area contributed by atoms with Crippen LogP contribution in [0.5, 0.6) is 0 Å². The normalized spacial score (nSPS) is 10.3. The van der Waals surface area contributed by atoms with Crippen molar-refractivity contribution in [2.24, 2.45) is 0 Å². The molecule has 4 nitrogen and oxygen atoms in total. The number of anilines is 3. The molecule has 1 heterocycles. The van der Waals surface area contributed by atoms with E-state index in [0.29, 0.717) is 4.47 Å². The first-order valence-corrected chi connectivity index (χ1v) is 5.34. The van der Waals surface area contributed by atoms with Gasteiger partial charge in [0.25, 0.3) is 0 Å². The van der Waals surface area contributed by atoms with E-state index in [0.717, 1.165) is 12.1 Å². The molecule has 0 aliphatic carbocycles. The number of benzene rings is 1. The SMILES string of the molecule is Nc1cncnc1Nc1c(F)cc(Br)cc1F. The molecule has 0 saturated carbocycles. The Balaban J connectivity index is 2.40. The molecule has 0 bridgehead atoms. The van der Waals surface area contributed by atoms with Gasteiger partial charge in [0.15, 0.2) is 17.5 Å². The molecule has 2 aromatic rings. The summed E-state index contributed by atoms with van der Waals surface area (Å²) in [4.78, 5) is 7.46. The Morgan fingerprint density at radius 1 is 1.24 bits per heavy atom. The van der Waals surface area contributed by atoms with Crippen LogP contribution in [0, 0.1) is 11.6 Å². The van der Waals surface area contributed by atoms with Crippen LogP contribution in [-0.2, 0) is 0 Å². The molecular weight excluding hydrogens is 294 g/mol. The lowest BCUT2D eigenvalue weighted by Crippen LogP contribution is -2.03. The molecule has 0 amide bonds. The molecule has 0 fully saturated rings. The Labute approximate surface area is 104 Å². The van der Waals surface area contributed by atoms with Crippen LogP contribution in [0.4, 0.5) is 26.0 Å². The molecule has 0 unspecified atom stereocenters. The summed E-state index contributed by atoms with van der Waals surface area (Å²) >= 11 is 2.99. The molecule has 0 aliphatic rings. The third-order valence-electron chi connectivity index (χ3n) is 1.99. The standard InChI is InChI=1S/C10H7BrF2N4/c11-5-1-6(12)9(7(13)2-5)17-10-8(14)3-15-4-16-10/h1-4H,14H2,(H,15,16,17). The Hall–Kier alpha value is -1.76. The summed E-state index contributed by atoms with van der Waals surface area (Å²) in [6, 6.07) is 2.28. The van der Waals surface area contributed by atoms with Gasteiger partial charge in [0, 0.05) is 4.47 Å². The number of nitrogens with zero attached hydrogens (tertiary/aromatic N) is 2. The molecule has 88 valence electrons. The smallest absolute Gasteiger partial charge is 0.157 e. The monoisotopic (exact) mass is 300 g/mol. The van der Waals surface area contributed by atoms with E-state index in [-0.39, 0.29) is 17.2 Å². The minimum Gasteiger partial charge on any atom is -0.394 e. The Morgan fingerprint density at radius 3 is 2.47 bits per heavy atom. The van der Waals surface area contributed by atoms with Crippen LogP contribution in [0.1, 0.15) is 0 Å². The number of nitrogen functional groups attached to an aromatic ring is 1. The van der Waals surface area contributed by atoms with E-state index < -0.39 is 11.6 Å². The van der Waals surface area contributed by atoms with Crippen LogP contribution < -0.4 is 11.1 Å². The van der Waals surface area contributed by atoms with Gasteiger partial charge in [-0.25, -0.2) is 18.7 Å². The molecule has 1 aromatic carbocycles. The second kappa shape index (κ2) is 4.62. The fraction of sp³-hybridized carbons (Fsp3) is 0. The first-order valence-electron chi connectivity index (χ1n) is 4.55. The van der Waals surface area contributed by atoms with Crippen LogP contribution >= 0.6 is 15.9 Å². The van der Waals surface area contributed by atoms with Crippen molar-refractivity contribution in [3.05, 3.63) is 40.8 Å². The summed E-state index contributed by atoms with van der Waals surface area (Å²) in [7, 11) is 0. The predicted octanol–water partition coefficient (Wildman–Crippen LogP) is 2.84. The maximum atomic E-state index is 13.5. The van der Waals surface area contributed by atoms with Crippen molar-refractivity contribution >= 4 is 33.1 Å². The van der Waals surface area contributed by atoms with Crippen molar-refractivity contribution in [1.82, 2.24) is 9.97 Å². The van der Waals surface area contributed by atoms with E-state index in [2.05, 4.69) is 31.2 Å². The molecule has 3 N–H and O–H groups in total. The van der Waals surface area contributed by atoms with Gasteiger partial charge >= 0.3 is 0 Å². The average Bonchev–Trinajstić information content (AvgIpc) is 2.25. The van der Waals surface area contributed by atoms with Gasteiger partial charge in [-0.3, -0.25) is 0 Å². The van der Waals surface area contributed by atoms with E-state index in [1.165, 1.54) is 12.5 Å². The molecule has 7 heteroatoms. The number of nitrogens with one attached hydrogen (secondary N) is 1. The van der Waals surface area contributed by atoms with Crippen LogP contribution in [0.3, 0.4) is 0 Å². The van der Waals surface area contributed by atoms with Gasteiger partial charge in [-0.2, -0.15) is 0 Å². The number of hydrogen-bond donors (Lipinski definition) is 2. The quantitative estimate of drug-likeness (QED) is 0.895. The summed E-state index contributed by atoms with van der Waals surface area (Å²) in [6.45, 7) is 0. The summed E-state index contributed by atoms with van der Waals surface area (Å²) < 4.78 is 27.3. The molecule has 0 spiro atoms.